The molecule has 0 heterocycles. The average Bonchev–Trinajstić information content (AvgIpc) is 2.64. The minimum Gasteiger partial charge on any atom is -0.467 e. The second kappa shape index (κ2) is 12.3. The highest BCUT2D eigenvalue weighted by atomic mass is 16.5. The zero-order chi connectivity index (χ0) is 22.8. The van der Waals surface area contributed by atoms with Gasteiger partial charge in [-0.05, 0) is 24.7 Å². The fourth-order valence-corrected chi connectivity index (χ4v) is 2.96. The molecule has 0 radical (unpaired) electrons. The number of amides is 4. The third kappa shape index (κ3) is 8.29. The number of methoxy groups -OCH3 is 1. The normalized spacial score (nSPS) is 14.4. The van der Waals surface area contributed by atoms with Crippen LogP contribution >= 0.6 is 0 Å². The van der Waals surface area contributed by atoms with E-state index in [1.807, 2.05) is 34.6 Å². The van der Waals surface area contributed by atoms with Gasteiger partial charge < -0.3 is 25.6 Å². The highest BCUT2D eigenvalue weighted by molar-refractivity contribution is 5.91. The van der Waals surface area contributed by atoms with E-state index in [1.165, 1.54) is 12.0 Å². The van der Waals surface area contributed by atoms with E-state index < -0.39 is 29.5 Å². The number of hydrogen-bond acceptors (Lipinski definition) is 5. The molecule has 0 saturated heterocycles. The predicted molar refractivity (Wildman–Crippen MR) is 111 cm³/mol. The van der Waals surface area contributed by atoms with E-state index >= 15 is 0 Å². The number of carbonyl (C=O) groups is 4. The molecule has 0 aromatic carbocycles. The molecule has 9 heteroatoms. The van der Waals surface area contributed by atoms with Crippen LogP contribution in [0.15, 0.2) is 0 Å². The third-order valence-electron chi connectivity index (χ3n) is 4.79. The topological polar surface area (TPSA) is 117 Å². The molecule has 3 atom stereocenters. The molecule has 0 fully saturated rings. The zero-order valence-corrected chi connectivity index (χ0v) is 19.0. The molecule has 4 amide bonds. The zero-order valence-electron chi connectivity index (χ0n) is 19.0. The molecule has 0 spiro atoms. The van der Waals surface area contributed by atoms with E-state index in [2.05, 4.69) is 16.0 Å². The summed E-state index contributed by atoms with van der Waals surface area (Å²) in [6.07, 6.45) is 0.982. The number of nitrogens with one attached hydrogen (secondary N) is 3. The van der Waals surface area contributed by atoms with Crippen molar-refractivity contribution in [3.63, 3.8) is 0 Å². The standard InChI is InChI=1S/C20H38N4O5/c1-9-15(18(27)29-8)24(10-2)17(26)16(20(5,6)7)23-19(28)22-14(13(3)4)11-21-12-25/h12-16H,9-11H2,1-8H3,(H,21,25)(H2,22,23,28). The van der Waals surface area contributed by atoms with Crippen LogP contribution in [-0.4, -0.2) is 67.5 Å². The van der Waals surface area contributed by atoms with E-state index in [0.717, 1.165) is 0 Å². The second-order valence-electron chi connectivity index (χ2n) is 8.36. The van der Waals surface area contributed by atoms with Crippen molar-refractivity contribution in [3.8, 4) is 0 Å². The Labute approximate surface area is 174 Å². The van der Waals surface area contributed by atoms with Crippen molar-refractivity contribution in [1.82, 2.24) is 20.9 Å². The van der Waals surface area contributed by atoms with Crippen molar-refractivity contribution in [2.45, 2.75) is 73.0 Å². The van der Waals surface area contributed by atoms with Gasteiger partial charge in [-0.15, -0.1) is 0 Å². The van der Waals surface area contributed by atoms with Gasteiger partial charge in [-0.2, -0.15) is 0 Å². The monoisotopic (exact) mass is 414 g/mol. The number of ether oxygens (including phenoxy) is 1. The van der Waals surface area contributed by atoms with Crippen molar-refractivity contribution < 1.29 is 23.9 Å². The Morgan fingerprint density at radius 2 is 1.69 bits per heavy atom. The van der Waals surface area contributed by atoms with Gasteiger partial charge in [-0.1, -0.05) is 41.5 Å². The summed E-state index contributed by atoms with van der Waals surface area (Å²) in [5, 5.41) is 8.13. The maximum Gasteiger partial charge on any atom is 0.328 e. The number of nitrogens with zero attached hydrogens (tertiary/aromatic N) is 1. The van der Waals surface area contributed by atoms with Crippen LogP contribution < -0.4 is 16.0 Å². The van der Waals surface area contributed by atoms with Crippen LogP contribution in [0.4, 0.5) is 4.79 Å². The molecule has 0 aliphatic carbocycles. The Kier molecular flexibility index (Phi) is 11.3. The van der Waals surface area contributed by atoms with E-state index in [9.17, 15) is 19.2 Å². The minimum atomic E-state index is -0.854. The van der Waals surface area contributed by atoms with Crippen LogP contribution in [0, 0.1) is 11.3 Å². The summed E-state index contributed by atoms with van der Waals surface area (Å²) in [5.41, 5.74) is -0.593. The first-order valence-corrected chi connectivity index (χ1v) is 10.1. The SMILES string of the molecule is CCC(C(=O)OC)N(CC)C(=O)C(NC(=O)NC(CNC=O)C(C)C)C(C)(C)C. The molecule has 0 aromatic rings. The Hall–Kier alpha value is -2.32. The minimum absolute atomic E-state index is 0.0768. The lowest BCUT2D eigenvalue weighted by atomic mass is 9.85. The number of rotatable bonds is 11. The largest absolute Gasteiger partial charge is 0.467 e. The third-order valence-corrected chi connectivity index (χ3v) is 4.79. The lowest BCUT2D eigenvalue weighted by molar-refractivity contribution is -0.154. The van der Waals surface area contributed by atoms with Crippen LogP contribution in [0.1, 0.15) is 54.9 Å². The van der Waals surface area contributed by atoms with Gasteiger partial charge in [-0.25, -0.2) is 9.59 Å². The van der Waals surface area contributed by atoms with Crippen molar-refractivity contribution in [1.29, 1.82) is 0 Å². The van der Waals surface area contributed by atoms with E-state index in [4.69, 9.17) is 4.74 Å². The van der Waals surface area contributed by atoms with Gasteiger partial charge in [0.25, 0.3) is 0 Å². The first-order chi connectivity index (χ1) is 13.4. The molecule has 3 unspecified atom stereocenters. The summed E-state index contributed by atoms with van der Waals surface area (Å²) in [6.45, 7) is 13.5. The van der Waals surface area contributed by atoms with Gasteiger partial charge in [0.15, 0.2) is 0 Å². The summed E-state index contributed by atoms with van der Waals surface area (Å²) in [5.74, 6) is -0.757. The molecule has 0 bridgehead atoms. The lowest BCUT2D eigenvalue weighted by Crippen LogP contribution is -2.60. The summed E-state index contributed by atoms with van der Waals surface area (Å²) < 4.78 is 4.83. The van der Waals surface area contributed by atoms with Crippen molar-refractivity contribution in [2.75, 3.05) is 20.2 Å². The summed E-state index contributed by atoms with van der Waals surface area (Å²) >= 11 is 0. The number of likely N-dealkylation sites (N-methyl/N-ethyl adjacent to an activating group) is 1. The lowest BCUT2D eigenvalue weighted by Gasteiger charge is -2.37. The van der Waals surface area contributed by atoms with Crippen LogP contribution in [0.25, 0.3) is 0 Å². The van der Waals surface area contributed by atoms with Crippen LogP contribution in [0.3, 0.4) is 0 Å². The van der Waals surface area contributed by atoms with E-state index in [1.54, 1.807) is 13.8 Å². The van der Waals surface area contributed by atoms with Gasteiger partial charge in [0, 0.05) is 13.1 Å². The smallest absolute Gasteiger partial charge is 0.328 e. The Morgan fingerprint density at radius 1 is 1.10 bits per heavy atom. The number of urea groups is 1. The highest BCUT2D eigenvalue weighted by Gasteiger charge is 2.39. The van der Waals surface area contributed by atoms with Gasteiger partial charge in [0.05, 0.1) is 13.2 Å². The molecular weight excluding hydrogens is 376 g/mol. The molecule has 0 aliphatic heterocycles. The van der Waals surface area contributed by atoms with Crippen molar-refractivity contribution >= 4 is 24.3 Å². The molecule has 0 aromatic heterocycles. The summed E-state index contributed by atoms with van der Waals surface area (Å²) in [4.78, 5) is 50.0. The molecular formula is C20H38N4O5. The second-order valence-corrected chi connectivity index (χ2v) is 8.36. The first kappa shape index (κ1) is 26.7. The molecule has 0 aliphatic rings. The average molecular weight is 415 g/mol. The summed E-state index contributed by atoms with van der Waals surface area (Å²) in [6, 6.07) is -2.37. The number of esters is 1. The predicted octanol–water partition coefficient (Wildman–Crippen LogP) is 1.27. The van der Waals surface area contributed by atoms with E-state index in [-0.39, 0.29) is 24.4 Å². The van der Waals surface area contributed by atoms with Crippen LogP contribution in [0.5, 0.6) is 0 Å². The van der Waals surface area contributed by atoms with Gasteiger partial charge in [0.2, 0.25) is 12.3 Å². The fraction of sp³-hybridized carbons (Fsp3) is 0.800. The number of carbonyl (C=O) groups excluding carboxylic acids is 4. The quantitative estimate of drug-likeness (QED) is 0.348. The molecule has 29 heavy (non-hydrogen) atoms. The Morgan fingerprint density at radius 3 is 2.07 bits per heavy atom. The Bertz CT molecular complexity index is 560. The van der Waals surface area contributed by atoms with Crippen molar-refractivity contribution in [2.24, 2.45) is 11.3 Å². The maximum absolute atomic E-state index is 13.3. The molecule has 168 valence electrons. The van der Waals surface area contributed by atoms with E-state index in [0.29, 0.717) is 19.4 Å². The number of hydrogen-bond donors (Lipinski definition) is 3. The molecule has 0 rings (SSSR count). The fourth-order valence-electron chi connectivity index (χ4n) is 2.96. The Balaban J connectivity index is 5.53. The highest BCUT2D eigenvalue weighted by Crippen LogP contribution is 2.23. The van der Waals surface area contributed by atoms with Crippen molar-refractivity contribution in [3.05, 3.63) is 0 Å². The van der Waals surface area contributed by atoms with Gasteiger partial charge in [-0.3, -0.25) is 9.59 Å². The van der Waals surface area contributed by atoms with Gasteiger partial charge >= 0.3 is 12.0 Å². The maximum atomic E-state index is 13.3. The molecule has 0 saturated carbocycles. The van der Waals surface area contributed by atoms with Crippen LogP contribution in [0.2, 0.25) is 0 Å². The molecule has 3 N–H and O–H groups in total. The first-order valence-electron chi connectivity index (χ1n) is 10.1. The van der Waals surface area contributed by atoms with Crippen LogP contribution in [-0.2, 0) is 19.1 Å². The van der Waals surface area contributed by atoms with Gasteiger partial charge in [0.1, 0.15) is 12.1 Å². The molecule has 9 nitrogen and oxygen atoms in total. The summed E-state index contributed by atoms with van der Waals surface area (Å²) in [7, 11) is 1.29.